The van der Waals surface area contributed by atoms with E-state index in [1.807, 2.05) is 0 Å². The van der Waals surface area contributed by atoms with Gasteiger partial charge in [0.25, 0.3) is 0 Å². The second-order valence-electron chi connectivity index (χ2n) is 20.6. The van der Waals surface area contributed by atoms with E-state index in [1.165, 1.54) is 140 Å². The second-order valence-corrected chi connectivity index (χ2v) is 20.6. The molecule has 0 saturated carbocycles. The lowest BCUT2D eigenvalue weighted by atomic mass is 9.84. The third-order valence-electron chi connectivity index (χ3n) is 16.2. The molecule has 0 N–H and O–H groups in total. The highest BCUT2D eigenvalue weighted by atomic mass is 15.1. The van der Waals surface area contributed by atoms with Gasteiger partial charge in [-0.05, 0) is 198 Å². The number of hydrogen-bond donors (Lipinski definition) is 0. The zero-order valence-corrected chi connectivity index (χ0v) is 43.2. The van der Waals surface area contributed by atoms with Crippen LogP contribution in [0.3, 0.4) is 0 Å². The van der Waals surface area contributed by atoms with E-state index in [9.17, 15) is 0 Å². The number of benzene rings is 13. The summed E-state index contributed by atoms with van der Waals surface area (Å²) in [6.07, 6.45) is 4.75. The van der Waals surface area contributed by atoms with Crippen LogP contribution in [0, 0.1) is 6.92 Å². The summed E-state index contributed by atoms with van der Waals surface area (Å²) in [6.45, 7) is 2.19. The smallest absolute Gasteiger partial charge is 0.0496 e. The van der Waals surface area contributed by atoms with Gasteiger partial charge in [0.05, 0.1) is 0 Å². The molecule has 0 spiro atoms. The van der Waals surface area contributed by atoms with Crippen LogP contribution in [-0.2, 0) is 12.8 Å². The molecular formula is C75H56N2. The van der Waals surface area contributed by atoms with E-state index in [0.717, 1.165) is 24.2 Å². The summed E-state index contributed by atoms with van der Waals surface area (Å²) in [5.41, 5.74) is 21.1. The molecule has 0 heterocycles. The quantitative estimate of drug-likeness (QED) is 0.126. The highest BCUT2D eigenvalue weighted by Gasteiger charge is 2.23. The Kier molecular flexibility index (Phi) is 11.8. The van der Waals surface area contributed by atoms with Crippen molar-refractivity contribution in [1.82, 2.24) is 0 Å². The monoisotopic (exact) mass is 984 g/mol. The summed E-state index contributed by atoms with van der Waals surface area (Å²) in [7, 11) is 0. The highest BCUT2D eigenvalue weighted by molar-refractivity contribution is 6.23. The van der Waals surface area contributed by atoms with Crippen LogP contribution in [0.15, 0.2) is 273 Å². The summed E-state index contributed by atoms with van der Waals surface area (Å²) in [5, 5.41) is 9.95. The van der Waals surface area contributed by atoms with E-state index in [-0.39, 0.29) is 0 Å². The Morgan fingerprint density at radius 1 is 0.247 bits per heavy atom. The van der Waals surface area contributed by atoms with Crippen molar-refractivity contribution < 1.29 is 0 Å². The van der Waals surface area contributed by atoms with Gasteiger partial charge in [0.15, 0.2) is 0 Å². The van der Waals surface area contributed by atoms with Gasteiger partial charge in [-0.15, -0.1) is 0 Å². The zero-order chi connectivity index (χ0) is 51.2. The Morgan fingerprint density at radius 3 is 0.935 bits per heavy atom. The molecule has 2 heteroatoms. The van der Waals surface area contributed by atoms with Crippen LogP contribution in [0.25, 0.3) is 87.6 Å². The first-order chi connectivity index (χ1) is 38.2. The van der Waals surface area contributed by atoms with E-state index in [4.69, 9.17) is 0 Å². The number of aryl methyl sites for hydroxylation is 2. The molecule has 2 nitrogen and oxygen atoms in total. The topological polar surface area (TPSA) is 6.48 Å². The van der Waals surface area contributed by atoms with Gasteiger partial charge in [0.2, 0.25) is 0 Å². The standard InChI is InChI=1S/C75H56N2/c1-51-21-8-19-37-70(51)76(57-24-4-2-5-25-57)59-47-43-55(44-48-59)74-66-33-15-11-29-62(66)72(63-30-12-16-34-67(63)74)53-39-41-54(42-40-53)73-64-31-13-17-35-68(64)75(69-36-18-14-32-65(69)73)56-45-49-60(50-46-56)77(58-26-6-3-7-27-58)71-38-20-23-52-22-9-10-28-61(52)71/h2-8,11-21,23-27,29-50H,9-10,22,28H2,1H3. The minimum Gasteiger partial charge on any atom is -0.310 e. The number of fused-ring (bicyclic) bond motifs is 5. The maximum absolute atomic E-state index is 2.46. The zero-order valence-electron chi connectivity index (χ0n) is 43.2. The Bertz CT molecular complexity index is 4200. The molecule has 0 unspecified atom stereocenters. The fourth-order valence-corrected chi connectivity index (χ4v) is 12.7. The predicted molar refractivity (Wildman–Crippen MR) is 329 cm³/mol. The van der Waals surface area contributed by atoms with Crippen LogP contribution in [0.1, 0.15) is 29.5 Å². The molecule has 1 aliphatic rings. The number of rotatable bonds is 10. The maximum Gasteiger partial charge on any atom is 0.0496 e. The summed E-state index contributed by atoms with van der Waals surface area (Å²) in [4.78, 5) is 4.82. The van der Waals surface area contributed by atoms with Crippen molar-refractivity contribution in [3.05, 3.63) is 290 Å². The molecule has 0 amide bonds. The molecule has 0 atom stereocenters. The lowest BCUT2D eigenvalue weighted by Crippen LogP contribution is -2.15. The van der Waals surface area contributed by atoms with Crippen molar-refractivity contribution >= 4 is 77.2 Å². The van der Waals surface area contributed by atoms with E-state index < -0.39 is 0 Å². The average molecular weight is 985 g/mol. The van der Waals surface area contributed by atoms with E-state index in [2.05, 4.69) is 290 Å². The average Bonchev–Trinajstić information content (AvgIpc) is 3.56. The summed E-state index contributed by atoms with van der Waals surface area (Å²) in [6, 6.07) is 101. The molecule has 0 aliphatic heterocycles. The van der Waals surface area contributed by atoms with Crippen molar-refractivity contribution in [1.29, 1.82) is 0 Å². The number of anilines is 6. The Balaban J connectivity index is 0.853. The number of nitrogens with zero attached hydrogens (tertiary/aromatic N) is 2. The van der Waals surface area contributed by atoms with Crippen LogP contribution in [0.2, 0.25) is 0 Å². The molecule has 0 bridgehead atoms. The Hall–Kier alpha value is -9.50. The number of para-hydroxylation sites is 3. The normalized spacial score (nSPS) is 12.3. The predicted octanol–water partition coefficient (Wildman–Crippen LogP) is 21.1. The van der Waals surface area contributed by atoms with Crippen LogP contribution in [-0.4, -0.2) is 0 Å². The lowest BCUT2D eigenvalue weighted by Gasteiger charge is -2.30. The Labute approximate surface area is 451 Å². The van der Waals surface area contributed by atoms with Gasteiger partial charge in [0, 0.05) is 34.1 Å². The van der Waals surface area contributed by atoms with Crippen molar-refractivity contribution in [2.45, 2.75) is 32.6 Å². The summed E-state index contributed by atoms with van der Waals surface area (Å²) >= 11 is 0. The van der Waals surface area contributed by atoms with Gasteiger partial charge in [0.1, 0.15) is 0 Å². The van der Waals surface area contributed by atoms with Crippen molar-refractivity contribution in [2.24, 2.45) is 0 Å². The minimum atomic E-state index is 1.11. The van der Waals surface area contributed by atoms with Crippen LogP contribution in [0.4, 0.5) is 34.1 Å². The molecule has 0 fully saturated rings. The first-order valence-electron chi connectivity index (χ1n) is 27.2. The SMILES string of the molecule is Cc1ccccc1N(c1ccccc1)c1ccc(-c2c3ccccc3c(-c3ccc(-c4c5ccccc5c(-c5ccc(N(c6ccccc6)c6cccc7c6CCCC7)cc5)c5ccccc45)cc3)c3ccccc23)cc1. The number of hydrogen-bond acceptors (Lipinski definition) is 2. The first-order valence-corrected chi connectivity index (χ1v) is 27.2. The van der Waals surface area contributed by atoms with Gasteiger partial charge < -0.3 is 9.80 Å². The van der Waals surface area contributed by atoms with E-state index in [0.29, 0.717) is 0 Å². The van der Waals surface area contributed by atoms with Crippen molar-refractivity contribution in [2.75, 3.05) is 9.80 Å². The van der Waals surface area contributed by atoms with Crippen molar-refractivity contribution in [3.63, 3.8) is 0 Å². The van der Waals surface area contributed by atoms with Crippen LogP contribution < -0.4 is 9.80 Å². The fraction of sp³-hybridized carbons (Fsp3) is 0.0667. The van der Waals surface area contributed by atoms with E-state index in [1.54, 1.807) is 0 Å². The molecule has 0 radical (unpaired) electrons. The molecular weight excluding hydrogens is 929 g/mol. The Morgan fingerprint density at radius 2 is 0.545 bits per heavy atom. The van der Waals surface area contributed by atoms with Crippen LogP contribution in [0.5, 0.6) is 0 Å². The third-order valence-corrected chi connectivity index (χ3v) is 16.2. The molecule has 77 heavy (non-hydrogen) atoms. The largest absolute Gasteiger partial charge is 0.310 e. The van der Waals surface area contributed by atoms with Crippen LogP contribution >= 0.6 is 0 Å². The molecule has 14 rings (SSSR count). The maximum atomic E-state index is 2.46. The molecule has 0 aromatic heterocycles. The van der Waals surface area contributed by atoms with E-state index >= 15 is 0 Å². The van der Waals surface area contributed by atoms with Gasteiger partial charge in [-0.3, -0.25) is 0 Å². The first kappa shape index (κ1) is 46.1. The second kappa shape index (κ2) is 19.6. The summed E-state index contributed by atoms with van der Waals surface area (Å²) < 4.78 is 0. The fourth-order valence-electron chi connectivity index (χ4n) is 12.7. The molecule has 13 aromatic rings. The molecule has 0 saturated heterocycles. The van der Waals surface area contributed by atoms with Crippen molar-refractivity contribution in [3.8, 4) is 44.5 Å². The van der Waals surface area contributed by atoms with Gasteiger partial charge in [-0.2, -0.15) is 0 Å². The minimum absolute atomic E-state index is 1.11. The van der Waals surface area contributed by atoms with Gasteiger partial charge in [-0.25, -0.2) is 0 Å². The molecule has 366 valence electrons. The summed E-state index contributed by atoms with van der Waals surface area (Å²) in [5.74, 6) is 0. The van der Waals surface area contributed by atoms with Gasteiger partial charge >= 0.3 is 0 Å². The molecule has 13 aromatic carbocycles. The highest BCUT2D eigenvalue weighted by Crippen LogP contribution is 2.48. The lowest BCUT2D eigenvalue weighted by molar-refractivity contribution is 0.686. The van der Waals surface area contributed by atoms with Gasteiger partial charge in [-0.1, -0.05) is 212 Å². The molecule has 1 aliphatic carbocycles. The third kappa shape index (κ3) is 8.13.